The molecule has 1 aliphatic rings. The molecule has 1 rings (SSSR count). The van der Waals surface area contributed by atoms with E-state index in [9.17, 15) is 9.59 Å². The van der Waals surface area contributed by atoms with Crippen LogP contribution < -0.4 is 11.2 Å². The fourth-order valence-electron chi connectivity index (χ4n) is 1.54. The Balaban J connectivity index is 2.25. The summed E-state index contributed by atoms with van der Waals surface area (Å²) in [5.74, 6) is -1.44. The summed E-state index contributed by atoms with van der Waals surface area (Å²) in [5.41, 5.74) is 6.82. The number of nitrogens with zero attached hydrogens (tertiary/aromatic N) is 1. The van der Waals surface area contributed by atoms with E-state index in [1.807, 2.05) is 0 Å². The maximum absolute atomic E-state index is 10.7. The molecule has 0 aromatic carbocycles. The van der Waals surface area contributed by atoms with E-state index in [4.69, 9.17) is 5.73 Å². The van der Waals surface area contributed by atoms with Crippen LogP contribution in [-0.4, -0.2) is 18.0 Å². The third kappa shape index (κ3) is 3.55. The largest absolute Gasteiger partial charge is 0.361 e. The second-order valence-electron chi connectivity index (χ2n) is 3.48. The number of hydrogen-bond donors (Lipinski definition) is 2. The molecule has 0 aromatic heterocycles. The lowest BCUT2D eigenvalue weighted by Crippen LogP contribution is -2.33. The monoisotopic (exact) mass is 197 g/mol. The third-order valence-electron chi connectivity index (χ3n) is 2.33. The molecule has 2 amide bonds. The van der Waals surface area contributed by atoms with Crippen molar-refractivity contribution < 1.29 is 9.59 Å². The molecule has 0 atom stereocenters. The topological polar surface area (TPSA) is 84.5 Å². The van der Waals surface area contributed by atoms with E-state index in [-0.39, 0.29) is 0 Å². The van der Waals surface area contributed by atoms with Gasteiger partial charge in [-0.1, -0.05) is 19.3 Å². The van der Waals surface area contributed by atoms with Gasteiger partial charge in [-0.05, 0) is 18.8 Å². The highest BCUT2D eigenvalue weighted by Gasteiger charge is 2.11. The summed E-state index contributed by atoms with van der Waals surface area (Å²) in [4.78, 5) is 21.0. The number of primary amides is 1. The molecule has 0 aromatic rings. The number of hydrazone groups is 1. The molecule has 78 valence electrons. The van der Waals surface area contributed by atoms with Gasteiger partial charge in [0.25, 0.3) is 0 Å². The lowest BCUT2D eigenvalue weighted by molar-refractivity contribution is -0.137. The molecule has 1 saturated carbocycles. The SMILES string of the molecule is NC(=O)C(=O)N/N=C/C1CCCCC1. The minimum Gasteiger partial charge on any atom is -0.361 e. The quantitative estimate of drug-likeness (QED) is 0.375. The molecule has 0 spiro atoms. The van der Waals surface area contributed by atoms with E-state index < -0.39 is 11.8 Å². The molecule has 1 aliphatic carbocycles. The van der Waals surface area contributed by atoms with Crippen molar-refractivity contribution in [2.75, 3.05) is 0 Å². The number of nitrogens with one attached hydrogen (secondary N) is 1. The first kappa shape index (κ1) is 10.7. The highest BCUT2D eigenvalue weighted by Crippen LogP contribution is 2.21. The standard InChI is InChI=1S/C9H15N3O2/c10-8(13)9(14)12-11-6-7-4-2-1-3-5-7/h6-7H,1-5H2,(H2,10,13)(H,12,14)/b11-6+. The van der Waals surface area contributed by atoms with Crippen LogP contribution in [-0.2, 0) is 9.59 Å². The predicted molar refractivity (Wildman–Crippen MR) is 52.4 cm³/mol. The van der Waals surface area contributed by atoms with Gasteiger partial charge < -0.3 is 5.73 Å². The first-order valence-corrected chi connectivity index (χ1v) is 4.83. The highest BCUT2D eigenvalue weighted by atomic mass is 16.2. The molecule has 0 aliphatic heterocycles. The Morgan fingerprint density at radius 1 is 1.29 bits per heavy atom. The Kier molecular flexibility index (Phi) is 4.10. The van der Waals surface area contributed by atoms with Gasteiger partial charge >= 0.3 is 11.8 Å². The minimum absolute atomic E-state index is 0.428. The number of hydrogen-bond acceptors (Lipinski definition) is 3. The summed E-state index contributed by atoms with van der Waals surface area (Å²) >= 11 is 0. The van der Waals surface area contributed by atoms with Crippen molar-refractivity contribution in [3.05, 3.63) is 0 Å². The zero-order valence-electron chi connectivity index (χ0n) is 8.03. The Bertz CT molecular complexity index is 244. The fourth-order valence-corrected chi connectivity index (χ4v) is 1.54. The van der Waals surface area contributed by atoms with Crippen LogP contribution in [0, 0.1) is 5.92 Å². The van der Waals surface area contributed by atoms with Crippen LogP contribution in [0.4, 0.5) is 0 Å². The Morgan fingerprint density at radius 2 is 1.93 bits per heavy atom. The molecule has 14 heavy (non-hydrogen) atoms. The average molecular weight is 197 g/mol. The number of carbonyl (C=O) groups is 2. The first-order valence-electron chi connectivity index (χ1n) is 4.83. The summed E-state index contributed by atoms with van der Waals surface area (Å²) < 4.78 is 0. The molecule has 1 fully saturated rings. The Labute approximate surface area is 82.7 Å². The Hall–Kier alpha value is -1.39. The zero-order chi connectivity index (χ0) is 10.4. The highest BCUT2D eigenvalue weighted by molar-refractivity contribution is 6.34. The summed E-state index contributed by atoms with van der Waals surface area (Å²) in [6.45, 7) is 0. The second kappa shape index (κ2) is 5.36. The van der Waals surface area contributed by atoms with Crippen molar-refractivity contribution in [1.29, 1.82) is 0 Å². The van der Waals surface area contributed by atoms with Crippen LogP contribution in [0.25, 0.3) is 0 Å². The van der Waals surface area contributed by atoms with Gasteiger partial charge in [0.1, 0.15) is 0 Å². The summed E-state index contributed by atoms with van der Waals surface area (Å²) in [5, 5.41) is 3.69. The molecule has 0 bridgehead atoms. The second-order valence-corrected chi connectivity index (χ2v) is 3.48. The van der Waals surface area contributed by atoms with Crippen molar-refractivity contribution in [1.82, 2.24) is 5.43 Å². The van der Waals surface area contributed by atoms with Crippen LogP contribution in [0.2, 0.25) is 0 Å². The minimum atomic E-state index is -1.01. The van der Waals surface area contributed by atoms with E-state index in [0.29, 0.717) is 5.92 Å². The van der Waals surface area contributed by atoms with E-state index in [2.05, 4.69) is 10.5 Å². The number of rotatable bonds is 2. The molecule has 0 saturated heterocycles. The van der Waals surface area contributed by atoms with Gasteiger partial charge in [-0.25, -0.2) is 5.43 Å². The van der Waals surface area contributed by atoms with Gasteiger partial charge in [-0.15, -0.1) is 0 Å². The van der Waals surface area contributed by atoms with Crippen LogP contribution in [0.15, 0.2) is 5.10 Å². The van der Waals surface area contributed by atoms with Gasteiger partial charge in [0.15, 0.2) is 0 Å². The van der Waals surface area contributed by atoms with Gasteiger partial charge in [-0.2, -0.15) is 5.10 Å². The summed E-state index contributed by atoms with van der Waals surface area (Å²) in [6, 6.07) is 0. The van der Waals surface area contributed by atoms with Crippen LogP contribution in [0.3, 0.4) is 0 Å². The van der Waals surface area contributed by atoms with Crippen molar-refractivity contribution in [2.45, 2.75) is 32.1 Å². The molecule has 5 heteroatoms. The van der Waals surface area contributed by atoms with E-state index in [1.54, 1.807) is 6.21 Å². The van der Waals surface area contributed by atoms with Gasteiger partial charge in [0.2, 0.25) is 0 Å². The normalized spacial score (nSPS) is 18.3. The van der Waals surface area contributed by atoms with Crippen molar-refractivity contribution >= 4 is 18.0 Å². The molecule has 0 heterocycles. The maximum Gasteiger partial charge on any atom is 0.329 e. The number of carbonyl (C=O) groups excluding carboxylic acids is 2. The van der Waals surface area contributed by atoms with E-state index >= 15 is 0 Å². The summed E-state index contributed by atoms with van der Waals surface area (Å²) in [6.07, 6.45) is 7.60. The van der Waals surface area contributed by atoms with E-state index in [0.717, 1.165) is 12.8 Å². The zero-order valence-corrected chi connectivity index (χ0v) is 8.03. The van der Waals surface area contributed by atoms with Gasteiger partial charge in [0, 0.05) is 6.21 Å². The molecule has 5 nitrogen and oxygen atoms in total. The number of amides is 2. The van der Waals surface area contributed by atoms with Crippen LogP contribution in [0.1, 0.15) is 32.1 Å². The first-order chi connectivity index (χ1) is 6.70. The van der Waals surface area contributed by atoms with Crippen LogP contribution in [0.5, 0.6) is 0 Å². The predicted octanol–water partition coefficient (Wildman–Crippen LogP) is 0.154. The molecule has 0 unspecified atom stereocenters. The molecule has 0 radical (unpaired) electrons. The maximum atomic E-state index is 10.7. The third-order valence-corrected chi connectivity index (χ3v) is 2.33. The van der Waals surface area contributed by atoms with Crippen molar-refractivity contribution in [2.24, 2.45) is 16.8 Å². The molecule has 3 N–H and O–H groups in total. The lowest BCUT2D eigenvalue weighted by Gasteiger charge is -2.16. The average Bonchev–Trinajstić information content (AvgIpc) is 2.19. The fraction of sp³-hybridized carbons (Fsp3) is 0.667. The van der Waals surface area contributed by atoms with Crippen molar-refractivity contribution in [3.8, 4) is 0 Å². The Morgan fingerprint density at radius 3 is 2.50 bits per heavy atom. The number of nitrogens with two attached hydrogens (primary N) is 1. The van der Waals surface area contributed by atoms with Crippen molar-refractivity contribution in [3.63, 3.8) is 0 Å². The van der Waals surface area contributed by atoms with Gasteiger partial charge in [-0.3, -0.25) is 9.59 Å². The lowest BCUT2D eigenvalue weighted by atomic mass is 9.90. The van der Waals surface area contributed by atoms with Crippen LogP contribution >= 0.6 is 0 Å². The summed E-state index contributed by atoms with van der Waals surface area (Å²) in [7, 11) is 0. The molecular formula is C9H15N3O2. The van der Waals surface area contributed by atoms with E-state index in [1.165, 1.54) is 19.3 Å². The smallest absolute Gasteiger partial charge is 0.329 e. The van der Waals surface area contributed by atoms with Gasteiger partial charge in [0.05, 0.1) is 0 Å². The molecular weight excluding hydrogens is 182 g/mol.